The van der Waals surface area contributed by atoms with E-state index in [-0.39, 0.29) is 11.9 Å². The monoisotopic (exact) mass is 443 g/mol. The quantitative estimate of drug-likeness (QED) is 0.614. The second-order valence-corrected chi connectivity index (χ2v) is 8.50. The van der Waals surface area contributed by atoms with Gasteiger partial charge in [-0.2, -0.15) is 0 Å². The number of aromatic nitrogens is 3. The van der Waals surface area contributed by atoms with Gasteiger partial charge in [-0.1, -0.05) is 48.5 Å². The summed E-state index contributed by atoms with van der Waals surface area (Å²) in [5, 5.41) is 12.2. The largest absolute Gasteiger partial charge is 0.495 e. The molecule has 4 rings (SSSR count). The third kappa shape index (κ3) is 3.97. The normalized spacial score (nSPS) is 17.7. The molecular formula is C21H22ClN5O2S. The molecule has 2 unspecified atom stereocenters. The van der Waals surface area contributed by atoms with E-state index in [1.807, 2.05) is 61.0 Å². The van der Waals surface area contributed by atoms with Gasteiger partial charge in [0.15, 0.2) is 5.82 Å². The van der Waals surface area contributed by atoms with Crippen molar-refractivity contribution in [3.05, 3.63) is 64.4 Å². The molecule has 1 aliphatic rings. The predicted octanol–water partition coefficient (Wildman–Crippen LogP) is 4.21. The van der Waals surface area contributed by atoms with Gasteiger partial charge in [0.05, 0.1) is 18.2 Å². The number of anilines is 1. The Morgan fingerprint density at radius 3 is 2.83 bits per heavy atom. The van der Waals surface area contributed by atoms with Gasteiger partial charge in [0.25, 0.3) is 0 Å². The Labute approximate surface area is 184 Å². The fraction of sp³-hybridized carbons (Fsp3) is 0.286. The number of thioether (sulfide) groups is 1. The highest BCUT2D eigenvalue weighted by molar-refractivity contribution is 8.00. The maximum absolute atomic E-state index is 13.3. The number of methoxy groups -OCH3 is 1. The minimum absolute atomic E-state index is 0.123. The van der Waals surface area contributed by atoms with Crippen LogP contribution >= 0.6 is 23.4 Å². The minimum Gasteiger partial charge on any atom is -0.495 e. The molecule has 156 valence electrons. The summed E-state index contributed by atoms with van der Waals surface area (Å²) in [6.45, 7) is 4.00. The fourth-order valence-corrected chi connectivity index (χ4v) is 4.75. The van der Waals surface area contributed by atoms with Gasteiger partial charge in [0, 0.05) is 12.1 Å². The number of aryl methyl sites for hydroxylation is 2. The van der Waals surface area contributed by atoms with Crippen LogP contribution in [-0.2, 0) is 11.2 Å². The number of benzene rings is 2. The number of fused-ring (bicyclic) bond motifs is 1. The molecule has 30 heavy (non-hydrogen) atoms. The van der Waals surface area contributed by atoms with Gasteiger partial charge in [-0.25, -0.2) is 4.68 Å². The zero-order valence-electron chi connectivity index (χ0n) is 16.8. The first-order valence-electron chi connectivity index (χ1n) is 9.58. The number of halogens is 1. The molecule has 2 N–H and O–H groups in total. The van der Waals surface area contributed by atoms with Crippen LogP contribution in [0.4, 0.5) is 5.69 Å². The molecule has 1 aliphatic heterocycles. The lowest BCUT2D eigenvalue weighted by Crippen LogP contribution is -2.41. The number of nitrogens with one attached hydrogen (secondary N) is 2. The Kier molecular flexibility index (Phi) is 5.87. The zero-order valence-corrected chi connectivity index (χ0v) is 18.4. The van der Waals surface area contributed by atoms with Crippen molar-refractivity contribution in [2.75, 3.05) is 17.9 Å². The van der Waals surface area contributed by atoms with Crippen molar-refractivity contribution < 1.29 is 9.53 Å². The first-order valence-corrected chi connectivity index (χ1v) is 10.8. The Morgan fingerprint density at radius 1 is 1.30 bits per heavy atom. The van der Waals surface area contributed by atoms with Crippen molar-refractivity contribution in [3.63, 3.8) is 0 Å². The Bertz CT molecular complexity index is 1090. The zero-order chi connectivity index (χ0) is 21.3. The Hall–Kier alpha value is -2.71. The van der Waals surface area contributed by atoms with Gasteiger partial charge >= 0.3 is 0 Å². The van der Waals surface area contributed by atoms with Gasteiger partial charge in [-0.05, 0) is 42.3 Å². The number of rotatable bonds is 5. The molecule has 0 bridgehead atoms. The van der Waals surface area contributed by atoms with Crippen LogP contribution in [0.3, 0.4) is 0 Å². The summed E-state index contributed by atoms with van der Waals surface area (Å²) in [6.07, 6.45) is 0.719. The van der Waals surface area contributed by atoms with E-state index in [4.69, 9.17) is 16.3 Å². The van der Waals surface area contributed by atoms with E-state index in [1.54, 1.807) is 7.11 Å². The number of ether oxygens (including phenoxy) is 1. The summed E-state index contributed by atoms with van der Waals surface area (Å²) >= 11 is 7.75. The van der Waals surface area contributed by atoms with E-state index < -0.39 is 5.25 Å². The lowest BCUT2D eigenvalue weighted by molar-refractivity contribution is -0.116. The van der Waals surface area contributed by atoms with Crippen molar-refractivity contribution in [1.29, 1.82) is 0 Å². The Balaban J connectivity index is 1.69. The molecule has 0 spiro atoms. The van der Waals surface area contributed by atoms with Gasteiger partial charge in [-0.15, -0.1) is 10.2 Å². The lowest BCUT2D eigenvalue weighted by Gasteiger charge is -2.33. The van der Waals surface area contributed by atoms with Crippen LogP contribution in [-0.4, -0.2) is 33.1 Å². The van der Waals surface area contributed by atoms with Gasteiger partial charge in [0.1, 0.15) is 11.0 Å². The average Bonchev–Trinajstić information content (AvgIpc) is 3.15. The SMILES string of the molecule is CCc1nnc2n1NC(c1ccc(OC)c(Cl)c1)C(C(=O)Nc1cccc(C)c1)S2. The number of nitrogens with zero attached hydrogens (tertiary/aromatic N) is 3. The van der Waals surface area contributed by atoms with E-state index in [1.165, 1.54) is 11.8 Å². The third-order valence-electron chi connectivity index (χ3n) is 4.90. The van der Waals surface area contributed by atoms with Crippen molar-refractivity contribution in [2.45, 2.75) is 36.7 Å². The van der Waals surface area contributed by atoms with E-state index in [9.17, 15) is 4.79 Å². The summed E-state index contributed by atoms with van der Waals surface area (Å²) < 4.78 is 7.12. The van der Waals surface area contributed by atoms with Gasteiger partial charge < -0.3 is 15.5 Å². The van der Waals surface area contributed by atoms with Crippen LogP contribution in [0.2, 0.25) is 5.02 Å². The van der Waals surface area contributed by atoms with E-state index in [0.29, 0.717) is 15.9 Å². The molecule has 0 saturated heterocycles. The number of carbonyl (C=O) groups excluding carboxylic acids is 1. The summed E-state index contributed by atoms with van der Waals surface area (Å²) in [6, 6.07) is 12.9. The number of amides is 1. The first kappa shape index (κ1) is 20.6. The molecule has 9 heteroatoms. The van der Waals surface area contributed by atoms with Crippen LogP contribution in [0, 0.1) is 6.92 Å². The summed E-state index contributed by atoms with van der Waals surface area (Å²) in [5.41, 5.74) is 6.13. The third-order valence-corrected chi connectivity index (χ3v) is 6.41. The van der Waals surface area contributed by atoms with Crippen molar-refractivity contribution in [2.24, 2.45) is 0 Å². The van der Waals surface area contributed by atoms with E-state index in [0.717, 1.165) is 29.1 Å². The predicted molar refractivity (Wildman–Crippen MR) is 119 cm³/mol. The van der Waals surface area contributed by atoms with Crippen LogP contribution in [0.25, 0.3) is 0 Å². The highest BCUT2D eigenvalue weighted by Gasteiger charge is 2.38. The van der Waals surface area contributed by atoms with Crippen LogP contribution < -0.4 is 15.5 Å². The number of hydrogen-bond acceptors (Lipinski definition) is 6. The lowest BCUT2D eigenvalue weighted by atomic mass is 10.0. The minimum atomic E-state index is -0.476. The van der Waals surface area contributed by atoms with Crippen LogP contribution in [0.15, 0.2) is 47.6 Å². The fourth-order valence-electron chi connectivity index (χ4n) is 3.39. The number of carbonyl (C=O) groups is 1. The second kappa shape index (κ2) is 8.57. The Morgan fingerprint density at radius 2 is 2.13 bits per heavy atom. The van der Waals surface area contributed by atoms with Crippen LogP contribution in [0.1, 0.15) is 29.9 Å². The summed E-state index contributed by atoms with van der Waals surface area (Å²) in [5.74, 6) is 1.27. The highest BCUT2D eigenvalue weighted by Crippen LogP contribution is 2.39. The van der Waals surface area contributed by atoms with Gasteiger partial charge in [0.2, 0.25) is 11.1 Å². The average molecular weight is 444 g/mol. The molecule has 2 heterocycles. The standard InChI is InChI=1S/C21H22ClN5O2S/c1-4-17-24-25-21-27(17)26-18(13-8-9-16(29-3)15(22)11-13)19(30-21)20(28)23-14-7-5-6-12(2)10-14/h5-11,18-19,26H,4H2,1-3H3,(H,23,28). The second-order valence-electron chi connectivity index (χ2n) is 6.99. The molecule has 0 fully saturated rings. The molecule has 2 aromatic carbocycles. The van der Waals surface area contributed by atoms with Crippen molar-refractivity contribution >= 4 is 35.0 Å². The molecule has 7 nitrogen and oxygen atoms in total. The van der Waals surface area contributed by atoms with Crippen molar-refractivity contribution in [3.8, 4) is 5.75 Å². The molecule has 1 aromatic heterocycles. The molecular weight excluding hydrogens is 422 g/mol. The maximum Gasteiger partial charge on any atom is 0.240 e. The van der Waals surface area contributed by atoms with E-state index >= 15 is 0 Å². The molecule has 0 radical (unpaired) electrons. The van der Waals surface area contributed by atoms with Gasteiger partial charge in [-0.3, -0.25) is 4.79 Å². The number of hydrogen-bond donors (Lipinski definition) is 2. The molecule has 3 aromatic rings. The van der Waals surface area contributed by atoms with E-state index in [2.05, 4.69) is 20.9 Å². The topological polar surface area (TPSA) is 81.1 Å². The molecule has 1 amide bonds. The summed E-state index contributed by atoms with van der Waals surface area (Å²) in [4.78, 5) is 13.3. The first-order chi connectivity index (χ1) is 14.5. The molecule has 0 saturated carbocycles. The van der Waals surface area contributed by atoms with Crippen LogP contribution in [0.5, 0.6) is 5.75 Å². The van der Waals surface area contributed by atoms with Crippen molar-refractivity contribution in [1.82, 2.24) is 14.9 Å². The maximum atomic E-state index is 13.3. The highest BCUT2D eigenvalue weighted by atomic mass is 35.5. The molecule has 0 aliphatic carbocycles. The molecule has 2 atom stereocenters. The summed E-state index contributed by atoms with van der Waals surface area (Å²) in [7, 11) is 1.57. The smallest absolute Gasteiger partial charge is 0.240 e.